The molecule has 190 valence electrons. The molecule has 0 fully saturated rings. The molecule has 3 atom stereocenters. The minimum atomic E-state index is -0.731. The lowest BCUT2D eigenvalue weighted by molar-refractivity contribution is -0.158. The minimum Gasteiger partial charge on any atom is -0.503 e. The quantitative estimate of drug-likeness (QED) is 0.271. The van der Waals surface area contributed by atoms with Gasteiger partial charge in [-0.05, 0) is 36.1 Å². The topological polar surface area (TPSA) is 95.0 Å². The third-order valence-electron chi connectivity index (χ3n) is 5.92. The van der Waals surface area contributed by atoms with E-state index < -0.39 is 23.8 Å². The Kier molecular flexibility index (Phi) is 9.06. The number of pyridine rings is 1. The van der Waals surface area contributed by atoms with Gasteiger partial charge in [0, 0.05) is 18.7 Å². The van der Waals surface area contributed by atoms with E-state index in [9.17, 15) is 14.7 Å². The van der Waals surface area contributed by atoms with E-state index in [1.165, 1.54) is 19.4 Å². The van der Waals surface area contributed by atoms with Crippen LogP contribution in [0.2, 0.25) is 0 Å². The molecule has 1 aromatic heterocycles. The van der Waals surface area contributed by atoms with Gasteiger partial charge in [-0.15, -0.1) is 0 Å². The predicted molar refractivity (Wildman–Crippen MR) is 137 cm³/mol. The number of carbonyl (C=O) groups excluding carboxylic acids is 2. The first-order chi connectivity index (χ1) is 17.2. The van der Waals surface area contributed by atoms with Crippen molar-refractivity contribution in [1.82, 2.24) is 4.98 Å². The molecule has 0 radical (unpaired) electrons. The van der Waals surface area contributed by atoms with Crippen molar-refractivity contribution < 1.29 is 28.9 Å². The Labute approximate surface area is 212 Å². The number of ketones is 1. The molecule has 0 amide bonds. The zero-order valence-electron chi connectivity index (χ0n) is 21.3. The van der Waals surface area contributed by atoms with Gasteiger partial charge < -0.3 is 19.3 Å². The second kappa shape index (κ2) is 12.2. The third-order valence-corrected chi connectivity index (χ3v) is 5.92. The van der Waals surface area contributed by atoms with Crippen molar-refractivity contribution >= 4 is 11.8 Å². The number of aromatic nitrogens is 1. The summed E-state index contributed by atoms with van der Waals surface area (Å²) in [6, 6.07) is 19.3. The number of hydrogen-bond donors (Lipinski definition) is 1. The summed E-state index contributed by atoms with van der Waals surface area (Å²) in [6.45, 7) is 7.39. The molecule has 1 heterocycles. The van der Waals surface area contributed by atoms with E-state index >= 15 is 0 Å². The SMILES string of the molecule is COc1ccnc(C(=O)C[C@@H](C)C(=O)O[C@@H](C)[C@H](Oc2ccc(-c3ccccc3)cc2)C(C)C)c1O. The average molecular weight is 492 g/mol. The molecule has 7 heteroatoms. The van der Waals surface area contributed by atoms with Gasteiger partial charge in [0.1, 0.15) is 18.0 Å². The first-order valence-corrected chi connectivity index (χ1v) is 12.0. The first-order valence-electron chi connectivity index (χ1n) is 12.0. The van der Waals surface area contributed by atoms with Gasteiger partial charge in [0.2, 0.25) is 0 Å². The zero-order valence-corrected chi connectivity index (χ0v) is 21.3. The molecular weight excluding hydrogens is 458 g/mol. The molecule has 3 aromatic rings. The maximum Gasteiger partial charge on any atom is 0.309 e. The number of methoxy groups -OCH3 is 1. The van der Waals surface area contributed by atoms with Crippen LogP contribution in [0.5, 0.6) is 17.2 Å². The molecular formula is C29H33NO6. The van der Waals surface area contributed by atoms with Crippen LogP contribution in [0.4, 0.5) is 0 Å². The Hall–Kier alpha value is -3.87. The lowest BCUT2D eigenvalue weighted by Gasteiger charge is -2.29. The summed E-state index contributed by atoms with van der Waals surface area (Å²) < 4.78 is 16.9. The Balaban J connectivity index is 1.61. The van der Waals surface area contributed by atoms with Gasteiger partial charge in [0.15, 0.2) is 23.0 Å². The van der Waals surface area contributed by atoms with E-state index in [1.807, 2.05) is 68.4 Å². The number of benzene rings is 2. The predicted octanol–water partition coefficient (Wildman–Crippen LogP) is 5.71. The van der Waals surface area contributed by atoms with E-state index in [0.717, 1.165) is 11.1 Å². The zero-order chi connectivity index (χ0) is 26.2. The lowest BCUT2D eigenvalue weighted by Crippen LogP contribution is -2.38. The van der Waals surface area contributed by atoms with Gasteiger partial charge in [-0.1, -0.05) is 63.2 Å². The minimum absolute atomic E-state index is 0.0662. The number of aromatic hydroxyl groups is 1. The van der Waals surface area contributed by atoms with Crippen molar-refractivity contribution in [3.63, 3.8) is 0 Å². The van der Waals surface area contributed by atoms with E-state index in [-0.39, 0.29) is 35.6 Å². The Bertz CT molecular complexity index is 1160. The van der Waals surface area contributed by atoms with Crippen LogP contribution in [0.25, 0.3) is 11.1 Å². The summed E-state index contributed by atoms with van der Waals surface area (Å²) in [5.41, 5.74) is 2.07. The van der Waals surface area contributed by atoms with Crippen LogP contribution in [0.15, 0.2) is 66.9 Å². The van der Waals surface area contributed by atoms with E-state index in [4.69, 9.17) is 14.2 Å². The van der Waals surface area contributed by atoms with Crippen LogP contribution in [-0.4, -0.2) is 41.2 Å². The summed E-state index contributed by atoms with van der Waals surface area (Å²) in [5, 5.41) is 10.2. The van der Waals surface area contributed by atoms with Gasteiger partial charge in [-0.25, -0.2) is 4.98 Å². The third kappa shape index (κ3) is 6.62. The van der Waals surface area contributed by atoms with Crippen LogP contribution in [0.1, 0.15) is 44.6 Å². The van der Waals surface area contributed by atoms with Crippen molar-refractivity contribution in [1.29, 1.82) is 0 Å². The number of esters is 1. The Morgan fingerprint density at radius 2 is 1.56 bits per heavy atom. The number of carbonyl (C=O) groups is 2. The summed E-state index contributed by atoms with van der Waals surface area (Å²) in [4.78, 5) is 29.3. The van der Waals surface area contributed by atoms with E-state index in [1.54, 1.807) is 13.8 Å². The molecule has 0 unspecified atom stereocenters. The smallest absolute Gasteiger partial charge is 0.309 e. The molecule has 0 spiro atoms. The van der Waals surface area contributed by atoms with Crippen molar-refractivity contribution in [3.8, 4) is 28.4 Å². The van der Waals surface area contributed by atoms with Gasteiger partial charge in [-0.2, -0.15) is 0 Å². The van der Waals surface area contributed by atoms with Gasteiger partial charge in [0.05, 0.1) is 13.0 Å². The Morgan fingerprint density at radius 3 is 2.17 bits per heavy atom. The van der Waals surface area contributed by atoms with E-state index in [0.29, 0.717) is 5.75 Å². The fraction of sp³-hybridized carbons (Fsp3) is 0.345. The summed E-state index contributed by atoms with van der Waals surface area (Å²) in [6.07, 6.45) is 0.275. The molecule has 0 saturated heterocycles. The maximum atomic E-state index is 12.8. The first kappa shape index (κ1) is 26.7. The van der Waals surface area contributed by atoms with Crippen molar-refractivity contribution in [3.05, 3.63) is 72.6 Å². The second-order valence-corrected chi connectivity index (χ2v) is 9.10. The van der Waals surface area contributed by atoms with Gasteiger partial charge >= 0.3 is 5.97 Å². The molecule has 7 nitrogen and oxygen atoms in total. The molecule has 1 N–H and O–H groups in total. The standard InChI is InChI=1S/C29H33NO6/c1-18(2)28(36-23-13-11-22(12-14-23)21-9-7-6-8-10-21)20(4)35-29(33)19(3)17-24(31)26-27(32)25(34-5)15-16-30-26/h6-16,18-20,28,32H,17H2,1-5H3/t19-,20+,28-/m1/s1. The summed E-state index contributed by atoms with van der Waals surface area (Å²) >= 11 is 0. The van der Waals surface area contributed by atoms with Gasteiger partial charge in [-0.3, -0.25) is 9.59 Å². The van der Waals surface area contributed by atoms with Crippen molar-refractivity contribution in [2.75, 3.05) is 7.11 Å². The van der Waals surface area contributed by atoms with Crippen LogP contribution in [0, 0.1) is 11.8 Å². The summed E-state index contributed by atoms with van der Waals surface area (Å²) in [7, 11) is 1.38. The molecule has 0 aliphatic heterocycles. The average Bonchev–Trinajstić information content (AvgIpc) is 2.87. The molecule has 0 aliphatic rings. The van der Waals surface area contributed by atoms with Crippen LogP contribution in [-0.2, 0) is 9.53 Å². The maximum absolute atomic E-state index is 12.8. The largest absolute Gasteiger partial charge is 0.503 e. The fourth-order valence-corrected chi connectivity index (χ4v) is 3.92. The highest BCUT2D eigenvalue weighted by Crippen LogP contribution is 2.29. The number of nitrogens with zero attached hydrogens (tertiary/aromatic N) is 1. The fourth-order valence-electron chi connectivity index (χ4n) is 3.92. The highest BCUT2D eigenvalue weighted by Gasteiger charge is 2.29. The van der Waals surface area contributed by atoms with Crippen LogP contribution in [0.3, 0.4) is 0 Å². The number of rotatable bonds is 11. The van der Waals surface area contributed by atoms with Gasteiger partial charge in [0.25, 0.3) is 0 Å². The molecule has 0 aliphatic carbocycles. The van der Waals surface area contributed by atoms with E-state index in [2.05, 4.69) is 4.98 Å². The molecule has 2 aromatic carbocycles. The molecule has 0 saturated carbocycles. The molecule has 36 heavy (non-hydrogen) atoms. The Morgan fingerprint density at radius 1 is 0.917 bits per heavy atom. The monoisotopic (exact) mass is 491 g/mol. The van der Waals surface area contributed by atoms with Crippen LogP contribution >= 0.6 is 0 Å². The molecule has 0 bridgehead atoms. The molecule has 3 rings (SSSR count). The van der Waals surface area contributed by atoms with Crippen molar-refractivity contribution in [2.45, 2.75) is 46.3 Å². The second-order valence-electron chi connectivity index (χ2n) is 9.10. The lowest BCUT2D eigenvalue weighted by atomic mass is 10.0. The number of ether oxygens (including phenoxy) is 3. The summed E-state index contributed by atoms with van der Waals surface area (Å²) in [5.74, 6) is -1.18. The number of Topliss-reactive ketones (excluding diaryl/α,β-unsaturated/α-hetero) is 1. The normalized spacial score (nSPS) is 13.5. The van der Waals surface area contributed by atoms with Crippen LogP contribution < -0.4 is 9.47 Å². The van der Waals surface area contributed by atoms with Crippen molar-refractivity contribution in [2.24, 2.45) is 11.8 Å². The number of hydrogen-bond acceptors (Lipinski definition) is 7. The highest BCUT2D eigenvalue weighted by molar-refractivity contribution is 5.99. The highest BCUT2D eigenvalue weighted by atomic mass is 16.6.